The molecule has 4 heteroatoms. The van der Waals surface area contributed by atoms with Gasteiger partial charge in [-0.15, -0.1) is 0 Å². The predicted molar refractivity (Wildman–Crippen MR) is 263 cm³/mol. The number of para-hydroxylation sites is 2. The average molecular weight is 834 g/mol. The van der Waals surface area contributed by atoms with Crippen LogP contribution in [0.5, 0.6) is 11.5 Å². The van der Waals surface area contributed by atoms with Crippen LogP contribution in [0.2, 0.25) is 0 Å². The van der Waals surface area contributed by atoms with Crippen molar-refractivity contribution in [2.24, 2.45) is 0 Å². The molecule has 65 heavy (non-hydrogen) atoms. The number of ether oxygens (including phenoxy) is 1. The van der Waals surface area contributed by atoms with Crippen molar-refractivity contribution in [2.45, 2.75) is 24.7 Å². The van der Waals surface area contributed by atoms with E-state index in [0.717, 1.165) is 72.7 Å². The number of fused-ring (bicyclic) bond motifs is 8. The minimum Gasteiger partial charge on any atom is -0.457 e. The van der Waals surface area contributed by atoms with Gasteiger partial charge in [0.2, 0.25) is 0 Å². The molecular formula is C61H43N3O. The fourth-order valence-corrected chi connectivity index (χ4v) is 10.4. The highest BCUT2D eigenvalue weighted by molar-refractivity contribution is 5.85. The fraction of sp³-hybridized carbons (Fsp3) is 0.0656. The molecule has 1 spiro atoms. The van der Waals surface area contributed by atoms with Gasteiger partial charge in [-0.05, 0) is 86.0 Å². The molecule has 0 saturated carbocycles. The minimum absolute atomic E-state index is 0.280. The van der Waals surface area contributed by atoms with Crippen LogP contribution in [-0.2, 0) is 10.8 Å². The van der Waals surface area contributed by atoms with Crippen molar-refractivity contribution in [1.29, 1.82) is 0 Å². The van der Waals surface area contributed by atoms with Crippen LogP contribution in [-0.4, -0.2) is 15.0 Å². The van der Waals surface area contributed by atoms with Gasteiger partial charge in [-0.3, -0.25) is 0 Å². The highest BCUT2D eigenvalue weighted by Crippen LogP contribution is 2.61. The summed E-state index contributed by atoms with van der Waals surface area (Å²) in [7, 11) is 0. The Morgan fingerprint density at radius 3 is 1.31 bits per heavy atom. The van der Waals surface area contributed by atoms with E-state index >= 15 is 0 Å². The van der Waals surface area contributed by atoms with E-state index in [1.807, 2.05) is 12.1 Å². The Kier molecular flexibility index (Phi) is 9.03. The summed E-state index contributed by atoms with van der Waals surface area (Å²) in [6.07, 6.45) is 0. The number of benzene rings is 9. The summed E-state index contributed by atoms with van der Waals surface area (Å²) in [6, 6.07) is 79.6. The topological polar surface area (TPSA) is 47.9 Å². The van der Waals surface area contributed by atoms with Crippen molar-refractivity contribution in [2.75, 3.05) is 0 Å². The third-order valence-electron chi connectivity index (χ3n) is 13.5. The summed E-state index contributed by atoms with van der Waals surface area (Å²) in [6.45, 7) is 4.71. The van der Waals surface area contributed by atoms with E-state index in [2.05, 4.69) is 226 Å². The Bertz CT molecular complexity index is 3300. The molecule has 1 aromatic heterocycles. The van der Waals surface area contributed by atoms with Gasteiger partial charge in [-0.25, -0.2) is 15.0 Å². The molecule has 0 unspecified atom stereocenters. The first-order valence-electron chi connectivity index (χ1n) is 22.3. The lowest BCUT2D eigenvalue weighted by atomic mass is 9.53. The Hall–Kier alpha value is -8.21. The normalized spacial score (nSPS) is 13.8. The van der Waals surface area contributed by atoms with Crippen molar-refractivity contribution in [3.05, 3.63) is 258 Å². The summed E-state index contributed by atoms with van der Waals surface area (Å²) >= 11 is 0. The third-order valence-corrected chi connectivity index (χ3v) is 13.5. The number of nitrogens with zero attached hydrogens (tertiary/aromatic N) is 3. The van der Waals surface area contributed by atoms with E-state index < -0.39 is 5.41 Å². The Labute approximate surface area is 379 Å². The van der Waals surface area contributed by atoms with Crippen LogP contribution in [0.1, 0.15) is 47.2 Å². The standard InChI is InChI=1S/C61H43N3O/c1-60(2)49-29-11-12-30-51(49)61(52-31-13-15-33-55(52)65-56-34-16-14-32-53(56)61)54-39-44(35-36-50(54)60)47-27-9-10-28-48(47)59-63-57(45-25-17-23-42(37-45)40-19-5-3-6-20-40)62-58(64-59)46-26-18-24-43(38-46)41-21-7-4-8-22-41/h3-39H,1-2H3. The predicted octanol–water partition coefficient (Wildman–Crippen LogP) is 15.0. The first-order chi connectivity index (χ1) is 32.0. The highest BCUT2D eigenvalue weighted by Gasteiger charge is 2.52. The van der Waals surface area contributed by atoms with E-state index in [4.69, 9.17) is 19.7 Å². The molecule has 4 nitrogen and oxygen atoms in total. The molecule has 12 rings (SSSR count). The first-order valence-corrected chi connectivity index (χ1v) is 22.3. The number of hydrogen-bond donors (Lipinski definition) is 0. The van der Waals surface area contributed by atoms with Crippen LogP contribution in [0.3, 0.4) is 0 Å². The van der Waals surface area contributed by atoms with Crippen molar-refractivity contribution in [1.82, 2.24) is 15.0 Å². The number of aromatic nitrogens is 3. The molecule has 308 valence electrons. The molecule has 1 aliphatic carbocycles. The second-order valence-corrected chi connectivity index (χ2v) is 17.5. The van der Waals surface area contributed by atoms with Crippen LogP contribution < -0.4 is 4.74 Å². The maximum absolute atomic E-state index is 6.72. The smallest absolute Gasteiger partial charge is 0.164 e. The van der Waals surface area contributed by atoms with Gasteiger partial charge in [0, 0.05) is 33.2 Å². The summed E-state index contributed by atoms with van der Waals surface area (Å²) in [5.74, 6) is 3.57. The molecule has 0 fully saturated rings. The molecule has 1 aliphatic heterocycles. The first kappa shape index (κ1) is 38.5. The van der Waals surface area contributed by atoms with Gasteiger partial charge >= 0.3 is 0 Å². The van der Waals surface area contributed by atoms with Crippen LogP contribution in [0, 0.1) is 0 Å². The van der Waals surface area contributed by atoms with Crippen molar-refractivity contribution in [3.8, 4) is 79.0 Å². The molecule has 2 aliphatic rings. The molecule has 0 bridgehead atoms. The van der Waals surface area contributed by atoms with Crippen molar-refractivity contribution < 1.29 is 4.74 Å². The summed E-state index contributed by atoms with van der Waals surface area (Å²) < 4.78 is 6.72. The zero-order valence-corrected chi connectivity index (χ0v) is 36.1. The summed E-state index contributed by atoms with van der Waals surface area (Å²) in [5.41, 5.74) is 15.8. The van der Waals surface area contributed by atoms with Gasteiger partial charge in [-0.1, -0.05) is 208 Å². The van der Waals surface area contributed by atoms with Crippen LogP contribution in [0.4, 0.5) is 0 Å². The molecular weight excluding hydrogens is 791 g/mol. The Morgan fingerprint density at radius 1 is 0.292 bits per heavy atom. The fourth-order valence-electron chi connectivity index (χ4n) is 10.4. The van der Waals surface area contributed by atoms with E-state index in [-0.39, 0.29) is 5.41 Å². The summed E-state index contributed by atoms with van der Waals surface area (Å²) in [4.78, 5) is 15.9. The molecule has 0 amide bonds. The maximum Gasteiger partial charge on any atom is 0.164 e. The van der Waals surface area contributed by atoms with E-state index in [9.17, 15) is 0 Å². The van der Waals surface area contributed by atoms with E-state index in [1.54, 1.807) is 0 Å². The van der Waals surface area contributed by atoms with Gasteiger partial charge < -0.3 is 4.74 Å². The van der Waals surface area contributed by atoms with Gasteiger partial charge in [0.15, 0.2) is 17.5 Å². The Balaban J connectivity index is 1.08. The van der Waals surface area contributed by atoms with Gasteiger partial charge in [0.25, 0.3) is 0 Å². The maximum atomic E-state index is 6.72. The van der Waals surface area contributed by atoms with Gasteiger partial charge in [-0.2, -0.15) is 0 Å². The monoisotopic (exact) mass is 833 g/mol. The number of rotatable bonds is 6. The minimum atomic E-state index is -0.640. The van der Waals surface area contributed by atoms with Crippen LogP contribution >= 0.6 is 0 Å². The second kappa shape index (κ2) is 15.3. The molecule has 0 radical (unpaired) electrons. The quantitative estimate of drug-likeness (QED) is 0.167. The van der Waals surface area contributed by atoms with Gasteiger partial charge in [0.1, 0.15) is 11.5 Å². The van der Waals surface area contributed by atoms with E-state index in [1.165, 1.54) is 22.3 Å². The van der Waals surface area contributed by atoms with Crippen molar-refractivity contribution in [3.63, 3.8) is 0 Å². The second-order valence-electron chi connectivity index (χ2n) is 17.5. The average Bonchev–Trinajstić information content (AvgIpc) is 3.38. The zero-order valence-electron chi connectivity index (χ0n) is 36.1. The van der Waals surface area contributed by atoms with E-state index in [0.29, 0.717) is 17.5 Å². The molecule has 10 aromatic rings. The Morgan fingerprint density at radius 2 is 0.723 bits per heavy atom. The van der Waals surface area contributed by atoms with Crippen LogP contribution in [0.15, 0.2) is 224 Å². The molecule has 0 saturated heterocycles. The molecule has 0 atom stereocenters. The highest BCUT2D eigenvalue weighted by atomic mass is 16.5. The lowest BCUT2D eigenvalue weighted by Crippen LogP contribution is -2.43. The lowest BCUT2D eigenvalue weighted by Gasteiger charge is -2.50. The summed E-state index contributed by atoms with van der Waals surface area (Å²) in [5, 5.41) is 0. The third kappa shape index (κ3) is 6.24. The number of hydrogen-bond acceptors (Lipinski definition) is 4. The molecule has 9 aromatic carbocycles. The zero-order chi connectivity index (χ0) is 43.5. The van der Waals surface area contributed by atoms with Crippen LogP contribution in [0.25, 0.3) is 67.5 Å². The van der Waals surface area contributed by atoms with Crippen molar-refractivity contribution >= 4 is 0 Å². The molecule has 0 N–H and O–H groups in total. The SMILES string of the molecule is CC1(C)c2ccccc2C2(c3ccccc3Oc3ccccc32)c2cc(-c3ccccc3-c3nc(-c4cccc(-c5ccccc5)c4)nc(-c4cccc(-c5ccccc5)c4)n3)ccc21. The lowest BCUT2D eigenvalue weighted by molar-refractivity contribution is 0.425. The largest absolute Gasteiger partial charge is 0.457 e. The molecule has 2 heterocycles. The van der Waals surface area contributed by atoms with Gasteiger partial charge in [0.05, 0.1) is 5.41 Å².